The van der Waals surface area contributed by atoms with Gasteiger partial charge in [0, 0.05) is 12.1 Å². The molecule has 0 unspecified atom stereocenters. The van der Waals surface area contributed by atoms with Gasteiger partial charge in [0.1, 0.15) is 18.1 Å². The second-order valence-electron chi connectivity index (χ2n) is 5.84. The molecule has 106 valence electrons. The largest absolute Gasteiger partial charge is 0.463 e. The van der Waals surface area contributed by atoms with E-state index in [1.807, 2.05) is 12.1 Å². The monoisotopic (exact) mass is 266 g/mol. The average Bonchev–Trinajstić information content (AvgIpc) is 2.77. The molecule has 5 heteroatoms. The summed E-state index contributed by atoms with van der Waals surface area (Å²) >= 11 is 0. The van der Waals surface area contributed by atoms with Crippen LogP contribution >= 0.6 is 0 Å². The Morgan fingerprint density at radius 3 is 2.74 bits per heavy atom. The zero-order valence-corrected chi connectivity index (χ0v) is 11.9. The van der Waals surface area contributed by atoms with E-state index in [0.717, 1.165) is 11.5 Å². The van der Waals surface area contributed by atoms with Crippen molar-refractivity contribution in [3.63, 3.8) is 0 Å². The minimum absolute atomic E-state index is 0.0250. The lowest BCUT2D eigenvalue weighted by Gasteiger charge is -2.25. The highest BCUT2D eigenvalue weighted by molar-refractivity contribution is 5.77. The molecule has 19 heavy (non-hydrogen) atoms. The van der Waals surface area contributed by atoms with Crippen molar-refractivity contribution < 1.29 is 13.9 Å². The van der Waals surface area contributed by atoms with Gasteiger partial charge in [-0.15, -0.1) is 0 Å². The molecule has 1 amide bonds. The quantitative estimate of drug-likeness (QED) is 0.898. The summed E-state index contributed by atoms with van der Waals surface area (Å²) in [6, 6.07) is 3.89. The molecule has 1 aromatic rings. The number of hydrogen-bond donors (Lipinski definition) is 1. The van der Waals surface area contributed by atoms with Gasteiger partial charge in [-0.2, -0.15) is 0 Å². The van der Waals surface area contributed by atoms with Crippen LogP contribution in [0.1, 0.15) is 32.3 Å². The number of carbonyl (C=O) groups excluding carboxylic acids is 1. The summed E-state index contributed by atoms with van der Waals surface area (Å²) < 4.78 is 10.8. The molecule has 1 saturated heterocycles. The van der Waals surface area contributed by atoms with Crippen LogP contribution in [0.3, 0.4) is 0 Å². The second kappa shape index (κ2) is 5.75. The Morgan fingerprint density at radius 2 is 2.05 bits per heavy atom. The third-order valence-corrected chi connectivity index (χ3v) is 2.94. The van der Waals surface area contributed by atoms with Crippen LogP contribution in [0, 0.1) is 0 Å². The molecule has 1 aromatic heterocycles. The van der Waals surface area contributed by atoms with Gasteiger partial charge < -0.3 is 19.4 Å². The van der Waals surface area contributed by atoms with Crippen molar-refractivity contribution >= 4 is 5.91 Å². The minimum atomic E-state index is 0.0250. The number of amides is 1. The maximum atomic E-state index is 11.6. The predicted molar refractivity (Wildman–Crippen MR) is 71.5 cm³/mol. The molecular formula is C14H22N2O3. The van der Waals surface area contributed by atoms with Crippen LogP contribution in [0.5, 0.6) is 0 Å². The molecule has 0 aromatic carbocycles. The maximum absolute atomic E-state index is 11.6. The first-order chi connectivity index (χ1) is 8.94. The number of ether oxygens (including phenoxy) is 1. The first kappa shape index (κ1) is 14.1. The Kier molecular flexibility index (Phi) is 4.27. The number of morpholine rings is 1. The maximum Gasteiger partial charge on any atom is 0.249 e. The number of rotatable bonds is 4. The van der Waals surface area contributed by atoms with Gasteiger partial charge in [0.2, 0.25) is 5.91 Å². The zero-order chi connectivity index (χ0) is 13.9. The molecule has 1 aliphatic heterocycles. The molecule has 1 fully saturated rings. The van der Waals surface area contributed by atoms with Crippen LogP contribution < -0.4 is 5.32 Å². The molecule has 1 N–H and O–H groups in total. The molecule has 0 aliphatic carbocycles. The van der Waals surface area contributed by atoms with E-state index in [-0.39, 0.29) is 18.1 Å². The summed E-state index contributed by atoms with van der Waals surface area (Å²) in [6.07, 6.45) is 0. The molecule has 0 saturated carbocycles. The van der Waals surface area contributed by atoms with E-state index in [1.165, 1.54) is 0 Å². The lowest BCUT2D eigenvalue weighted by molar-refractivity contribution is -0.143. The Balaban J connectivity index is 1.88. The van der Waals surface area contributed by atoms with Crippen molar-refractivity contribution in [2.45, 2.75) is 39.4 Å². The Hall–Kier alpha value is -1.33. The van der Waals surface area contributed by atoms with Crippen molar-refractivity contribution in [2.24, 2.45) is 0 Å². The van der Waals surface area contributed by atoms with Gasteiger partial charge in [0.25, 0.3) is 0 Å². The van der Waals surface area contributed by atoms with Gasteiger partial charge in [0.05, 0.1) is 19.7 Å². The number of nitrogens with zero attached hydrogens (tertiary/aromatic N) is 1. The lowest BCUT2D eigenvalue weighted by atomic mass is 10.1. The zero-order valence-electron chi connectivity index (χ0n) is 11.9. The van der Waals surface area contributed by atoms with Crippen molar-refractivity contribution in [1.29, 1.82) is 0 Å². The number of hydrogen-bond acceptors (Lipinski definition) is 4. The molecular weight excluding hydrogens is 244 g/mol. The van der Waals surface area contributed by atoms with Crippen molar-refractivity contribution in [2.75, 3.05) is 19.8 Å². The molecule has 0 radical (unpaired) electrons. The van der Waals surface area contributed by atoms with Crippen LogP contribution in [0.2, 0.25) is 0 Å². The molecule has 2 rings (SSSR count). The summed E-state index contributed by atoms with van der Waals surface area (Å²) in [7, 11) is 0. The summed E-state index contributed by atoms with van der Waals surface area (Å²) in [5, 5.41) is 3.37. The van der Waals surface area contributed by atoms with E-state index >= 15 is 0 Å². The van der Waals surface area contributed by atoms with Crippen LogP contribution in [-0.2, 0) is 22.6 Å². The highest BCUT2D eigenvalue weighted by Crippen LogP contribution is 2.13. The van der Waals surface area contributed by atoms with Crippen molar-refractivity contribution in [1.82, 2.24) is 10.2 Å². The fraction of sp³-hybridized carbons (Fsp3) is 0.643. The van der Waals surface area contributed by atoms with E-state index in [0.29, 0.717) is 26.2 Å². The first-order valence-electron chi connectivity index (χ1n) is 6.62. The lowest BCUT2D eigenvalue weighted by Crippen LogP contribution is -2.40. The second-order valence-corrected chi connectivity index (χ2v) is 5.84. The highest BCUT2D eigenvalue weighted by atomic mass is 16.5. The summed E-state index contributed by atoms with van der Waals surface area (Å²) in [5.74, 6) is 1.74. The van der Waals surface area contributed by atoms with Crippen LogP contribution in [0.25, 0.3) is 0 Å². The van der Waals surface area contributed by atoms with Gasteiger partial charge >= 0.3 is 0 Å². The van der Waals surface area contributed by atoms with Gasteiger partial charge in [-0.3, -0.25) is 4.79 Å². The fourth-order valence-corrected chi connectivity index (χ4v) is 1.86. The molecule has 2 heterocycles. The van der Waals surface area contributed by atoms with Crippen LogP contribution in [0.4, 0.5) is 0 Å². The van der Waals surface area contributed by atoms with E-state index < -0.39 is 0 Å². The van der Waals surface area contributed by atoms with Crippen molar-refractivity contribution in [3.05, 3.63) is 23.7 Å². The summed E-state index contributed by atoms with van der Waals surface area (Å²) in [5.41, 5.74) is 0.0626. The fourth-order valence-electron chi connectivity index (χ4n) is 1.86. The molecule has 0 atom stereocenters. The highest BCUT2D eigenvalue weighted by Gasteiger charge is 2.20. The van der Waals surface area contributed by atoms with E-state index in [4.69, 9.17) is 9.15 Å². The third-order valence-electron chi connectivity index (χ3n) is 2.94. The standard InChI is InChI=1S/C14H22N2O3/c1-14(2,3)15-8-11-4-5-12(19-11)9-16-6-7-18-10-13(16)17/h4-5,15H,6-10H2,1-3H3. The topological polar surface area (TPSA) is 54.7 Å². The van der Waals surface area contributed by atoms with Gasteiger partial charge in [-0.25, -0.2) is 0 Å². The molecule has 0 bridgehead atoms. The summed E-state index contributed by atoms with van der Waals surface area (Å²) in [4.78, 5) is 13.4. The van der Waals surface area contributed by atoms with E-state index in [1.54, 1.807) is 4.90 Å². The Labute approximate surface area is 113 Å². The Bertz CT molecular complexity index is 434. The van der Waals surface area contributed by atoms with Gasteiger partial charge in [-0.05, 0) is 32.9 Å². The predicted octanol–water partition coefficient (Wildman–Crippen LogP) is 1.53. The van der Waals surface area contributed by atoms with Crippen molar-refractivity contribution in [3.8, 4) is 0 Å². The smallest absolute Gasteiger partial charge is 0.249 e. The Morgan fingerprint density at radius 1 is 1.32 bits per heavy atom. The number of furan rings is 1. The van der Waals surface area contributed by atoms with Crippen LogP contribution in [0.15, 0.2) is 16.5 Å². The first-order valence-corrected chi connectivity index (χ1v) is 6.62. The van der Waals surface area contributed by atoms with E-state index in [9.17, 15) is 4.79 Å². The average molecular weight is 266 g/mol. The van der Waals surface area contributed by atoms with E-state index in [2.05, 4.69) is 26.1 Å². The van der Waals surface area contributed by atoms with Crippen LogP contribution in [-0.4, -0.2) is 36.1 Å². The van der Waals surface area contributed by atoms with Gasteiger partial charge in [-0.1, -0.05) is 0 Å². The van der Waals surface area contributed by atoms with Gasteiger partial charge in [0.15, 0.2) is 0 Å². The molecule has 0 spiro atoms. The third kappa shape index (κ3) is 4.36. The number of nitrogens with one attached hydrogen (secondary N) is 1. The molecule has 5 nitrogen and oxygen atoms in total. The molecule has 1 aliphatic rings. The SMILES string of the molecule is CC(C)(C)NCc1ccc(CN2CCOCC2=O)o1. The summed E-state index contributed by atoms with van der Waals surface area (Å²) in [6.45, 7) is 8.98. The minimum Gasteiger partial charge on any atom is -0.463 e. The number of carbonyl (C=O) groups is 1. The normalized spacial score (nSPS) is 17.0.